The third kappa shape index (κ3) is 3.79. The van der Waals surface area contributed by atoms with E-state index in [9.17, 15) is 0 Å². The van der Waals surface area contributed by atoms with Crippen LogP contribution < -0.4 is 14.8 Å². The van der Waals surface area contributed by atoms with E-state index >= 15 is 0 Å². The molecule has 1 heterocycles. The minimum absolute atomic E-state index is 0.565. The molecule has 0 aliphatic heterocycles. The highest BCUT2D eigenvalue weighted by molar-refractivity contribution is 9.10. The number of aromatic nitrogens is 1. The lowest BCUT2D eigenvalue weighted by molar-refractivity contribution is 0.337. The molecule has 24 heavy (non-hydrogen) atoms. The van der Waals surface area contributed by atoms with Gasteiger partial charge in [-0.2, -0.15) is 0 Å². The molecule has 0 saturated heterocycles. The second kappa shape index (κ2) is 7.53. The van der Waals surface area contributed by atoms with Crippen molar-refractivity contribution in [2.75, 3.05) is 18.5 Å². The molecule has 5 heteroatoms. The van der Waals surface area contributed by atoms with Gasteiger partial charge in [0.2, 0.25) is 5.88 Å². The topological polar surface area (TPSA) is 43.4 Å². The number of benzene rings is 2. The summed E-state index contributed by atoms with van der Waals surface area (Å²) in [7, 11) is 0. The molecule has 2 aromatic carbocycles. The van der Waals surface area contributed by atoms with Crippen LogP contribution in [0.15, 0.2) is 53.0 Å². The summed E-state index contributed by atoms with van der Waals surface area (Å²) in [6.07, 6.45) is 0. The van der Waals surface area contributed by atoms with Gasteiger partial charge in [0.05, 0.1) is 16.6 Å². The highest BCUT2D eigenvalue weighted by Gasteiger charge is 2.06. The second-order valence-corrected chi connectivity index (χ2v) is 6.07. The Bertz CT molecular complexity index is 852. The maximum absolute atomic E-state index is 5.87. The summed E-state index contributed by atoms with van der Waals surface area (Å²) < 4.78 is 12.2. The molecular weight excluding hydrogens is 368 g/mol. The van der Waals surface area contributed by atoms with Crippen molar-refractivity contribution in [2.45, 2.75) is 13.8 Å². The Kier molecular flexibility index (Phi) is 5.20. The van der Waals surface area contributed by atoms with E-state index in [2.05, 4.69) is 39.2 Å². The molecule has 124 valence electrons. The number of nitrogens with zero attached hydrogens (tertiary/aromatic N) is 1. The van der Waals surface area contributed by atoms with Crippen molar-refractivity contribution in [3.05, 3.63) is 53.0 Å². The lowest BCUT2D eigenvalue weighted by Gasteiger charge is -2.10. The predicted molar refractivity (Wildman–Crippen MR) is 101 cm³/mol. The largest absolute Gasteiger partial charge is 0.493 e. The van der Waals surface area contributed by atoms with Crippen LogP contribution >= 0.6 is 15.9 Å². The molecular formula is C19H19BrN2O2. The fourth-order valence-corrected chi connectivity index (χ4v) is 2.89. The minimum Gasteiger partial charge on any atom is -0.493 e. The first-order chi connectivity index (χ1) is 11.7. The Morgan fingerprint density at radius 2 is 1.92 bits per heavy atom. The molecule has 0 unspecified atom stereocenters. The maximum atomic E-state index is 5.87. The number of anilines is 1. The van der Waals surface area contributed by atoms with Crippen LogP contribution in [0.25, 0.3) is 10.9 Å². The summed E-state index contributed by atoms with van der Waals surface area (Å²) in [6.45, 7) is 5.55. The van der Waals surface area contributed by atoms with E-state index in [0.717, 1.165) is 33.4 Å². The van der Waals surface area contributed by atoms with E-state index in [-0.39, 0.29) is 0 Å². The number of nitrogens with one attached hydrogen (secondary N) is 1. The van der Waals surface area contributed by atoms with Gasteiger partial charge in [-0.15, -0.1) is 0 Å². The third-order valence-corrected chi connectivity index (χ3v) is 4.09. The highest BCUT2D eigenvalue weighted by atomic mass is 79.9. The molecule has 3 aromatic rings. The number of hydrogen-bond donors (Lipinski definition) is 1. The molecule has 0 aliphatic rings. The van der Waals surface area contributed by atoms with Gasteiger partial charge in [0.1, 0.15) is 11.5 Å². The zero-order valence-corrected chi connectivity index (χ0v) is 15.3. The van der Waals surface area contributed by atoms with E-state index in [0.29, 0.717) is 18.2 Å². The van der Waals surface area contributed by atoms with Crippen molar-refractivity contribution < 1.29 is 9.47 Å². The molecule has 0 aliphatic carbocycles. The van der Waals surface area contributed by atoms with Crippen LogP contribution in [-0.2, 0) is 0 Å². The van der Waals surface area contributed by atoms with Gasteiger partial charge >= 0.3 is 0 Å². The summed E-state index contributed by atoms with van der Waals surface area (Å²) >= 11 is 3.49. The fraction of sp³-hybridized carbons (Fsp3) is 0.211. The van der Waals surface area contributed by atoms with E-state index < -0.39 is 0 Å². The number of rotatable bonds is 6. The van der Waals surface area contributed by atoms with Gasteiger partial charge < -0.3 is 14.8 Å². The van der Waals surface area contributed by atoms with Crippen LogP contribution in [0.3, 0.4) is 0 Å². The Morgan fingerprint density at radius 1 is 1.04 bits per heavy atom. The average Bonchev–Trinajstić information content (AvgIpc) is 2.58. The van der Waals surface area contributed by atoms with Crippen LogP contribution in [0.1, 0.15) is 13.8 Å². The summed E-state index contributed by atoms with van der Waals surface area (Å²) in [5.74, 6) is 2.07. The maximum Gasteiger partial charge on any atom is 0.219 e. The van der Waals surface area contributed by atoms with Crippen LogP contribution in [-0.4, -0.2) is 18.1 Å². The third-order valence-electron chi connectivity index (χ3n) is 3.47. The zero-order chi connectivity index (χ0) is 16.9. The number of fused-ring (bicyclic) bond motifs is 1. The summed E-state index contributed by atoms with van der Waals surface area (Å²) in [6, 6.07) is 15.6. The van der Waals surface area contributed by atoms with Crippen molar-refractivity contribution in [3.63, 3.8) is 0 Å². The highest BCUT2D eigenvalue weighted by Crippen LogP contribution is 2.31. The van der Waals surface area contributed by atoms with E-state index in [1.165, 1.54) is 0 Å². The number of halogens is 1. The molecule has 0 radical (unpaired) electrons. The molecule has 0 amide bonds. The summed E-state index contributed by atoms with van der Waals surface area (Å²) in [5, 5.41) is 4.38. The van der Waals surface area contributed by atoms with Crippen molar-refractivity contribution >= 4 is 32.5 Å². The summed E-state index contributed by atoms with van der Waals surface area (Å²) in [4.78, 5) is 4.56. The monoisotopic (exact) mass is 386 g/mol. The molecule has 0 atom stereocenters. The van der Waals surface area contributed by atoms with Gasteiger partial charge in [-0.25, -0.2) is 4.98 Å². The first-order valence-corrected chi connectivity index (χ1v) is 8.73. The molecule has 1 N–H and O–H groups in total. The fourth-order valence-electron chi connectivity index (χ4n) is 2.42. The molecule has 0 fully saturated rings. The second-order valence-electron chi connectivity index (χ2n) is 5.21. The predicted octanol–water partition coefficient (Wildman–Crippen LogP) is 5.62. The summed E-state index contributed by atoms with van der Waals surface area (Å²) in [5.41, 5.74) is 2.00. The smallest absolute Gasteiger partial charge is 0.219 e. The zero-order valence-electron chi connectivity index (χ0n) is 13.7. The lowest BCUT2D eigenvalue weighted by Crippen LogP contribution is -1.96. The Labute approximate surface area is 149 Å². The van der Waals surface area contributed by atoms with Crippen LogP contribution in [0, 0.1) is 0 Å². The van der Waals surface area contributed by atoms with Crippen LogP contribution in [0.2, 0.25) is 0 Å². The van der Waals surface area contributed by atoms with Gasteiger partial charge in [-0.3, -0.25) is 0 Å². The van der Waals surface area contributed by atoms with Crippen molar-refractivity contribution in [3.8, 4) is 17.4 Å². The molecule has 0 saturated carbocycles. The Balaban J connectivity index is 1.82. The Hall–Kier alpha value is -2.27. The van der Waals surface area contributed by atoms with Gasteiger partial charge in [-0.05, 0) is 72.2 Å². The van der Waals surface area contributed by atoms with E-state index in [4.69, 9.17) is 9.47 Å². The van der Waals surface area contributed by atoms with Gasteiger partial charge in [0.15, 0.2) is 0 Å². The van der Waals surface area contributed by atoms with Gasteiger partial charge in [0, 0.05) is 23.7 Å². The molecule has 0 bridgehead atoms. The van der Waals surface area contributed by atoms with Crippen LogP contribution in [0.5, 0.6) is 17.4 Å². The molecule has 0 spiro atoms. The number of pyridine rings is 1. The molecule has 3 rings (SSSR count). The van der Waals surface area contributed by atoms with Crippen molar-refractivity contribution in [1.29, 1.82) is 0 Å². The van der Waals surface area contributed by atoms with Crippen molar-refractivity contribution in [2.24, 2.45) is 0 Å². The molecule has 1 aromatic heterocycles. The Morgan fingerprint density at radius 3 is 2.67 bits per heavy atom. The lowest BCUT2D eigenvalue weighted by atomic mass is 10.2. The van der Waals surface area contributed by atoms with Gasteiger partial charge in [-0.1, -0.05) is 0 Å². The minimum atomic E-state index is 0.565. The SMILES string of the molecule is CCNc1ccc2nc(Oc3ccc(OCC)c(Br)c3)ccc2c1. The average molecular weight is 387 g/mol. The van der Waals surface area contributed by atoms with Gasteiger partial charge in [0.25, 0.3) is 0 Å². The first kappa shape index (κ1) is 16.6. The van der Waals surface area contributed by atoms with Crippen molar-refractivity contribution in [1.82, 2.24) is 4.98 Å². The van der Waals surface area contributed by atoms with Crippen LogP contribution in [0.4, 0.5) is 5.69 Å². The number of hydrogen-bond acceptors (Lipinski definition) is 4. The standard InChI is InChI=1S/C19H19BrN2O2/c1-3-21-14-6-8-17-13(11-14)5-10-19(22-17)24-15-7-9-18(23-4-2)16(20)12-15/h5-12,21H,3-4H2,1-2H3. The normalized spacial score (nSPS) is 10.6. The van der Waals surface area contributed by atoms with E-state index in [1.807, 2.05) is 49.4 Å². The quantitative estimate of drug-likeness (QED) is 0.596. The first-order valence-electron chi connectivity index (χ1n) is 7.94. The number of ether oxygens (including phenoxy) is 2. The van der Waals surface area contributed by atoms with E-state index in [1.54, 1.807) is 0 Å². The molecule has 4 nitrogen and oxygen atoms in total.